The molecule has 0 spiro atoms. The van der Waals surface area contributed by atoms with E-state index < -0.39 is 0 Å². The summed E-state index contributed by atoms with van der Waals surface area (Å²) in [5.41, 5.74) is 2.86. The lowest BCUT2D eigenvalue weighted by atomic mass is 10.0. The fourth-order valence-corrected chi connectivity index (χ4v) is 2.29. The first-order valence-corrected chi connectivity index (χ1v) is 6.91. The third-order valence-corrected chi connectivity index (χ3v) is 3.79. The second-order valence-electron chi connectivity index (χ2n) is 4.63. The summed E-state index contributed by atoms with van der Waals surface area (Å²) in [5, 5.41) is 0. The zero-order valence-electron chi connectivity index (χ0n) is 11.1. The predicted octanol–water partition coefficient (Wildman–Crippen LogP) is 3.94. The van der Waals surface area contributed by atoms with Gasteiger partial charge in [0.25, 0.3) is 0 Å². The molecule has 0 bridgehead atoms. The van der Waals surface area contributed by atoms with Gasteiger partial charge in [-0.3, -0.25) is 4.79 Å². The van der Waals surface area contributed by atoms with Crippen LogP contribution in [0.25, 0.3) is 0 Å². The monoisotopic (exact) mass is 317 g/mol. The molecule has 0 unspecified atom stereocenters. The first kappa shape index (κ1) is 13.8. The molecule has 2 rings (SSSR count). The van der Waals surface area contributed by atoms with Crippen molar-refractivity contribution in [1.82, 2.24) is 0 Å². The van der Waals surface area contributed by atoms with Crippen molar-refractivity contribution < 1.29 is 4.79 Å². The number of carbonyl (C=O) groups excluding carboxylic acids is 1. The highest BCUT2D eigenvalue weighted by Crippen LogP contribution is 2.19. The Labute approximate surface area is 122 Å². The van der Waals surface area contributed by atoms with Gasteiger partial charge in [-0.05, 0) is 35.9 Å². The molecule has 2 aromatic carbocycles. The average molecular weight is 318 g/mol. The highest BCUT2D eigenvalue weighted by molar-refractivity contribution is 9.10. The molecular formula is C16H16BrNO. The lowest BCUT2D eigenvalue weighted by molar-refractivity contribution is 0.0993. The number of ketones is 1. The molecule has 0 saturated heterocycles. The van der Waals surface area contributed by atoms with Crippen molar-refractivity contribution in [1.29, 1.82) is 0 Å². The maximum atomic E-state index is 12.2. The van der Waals surface area contributed by atoms with Crippen LogP contribution < -0.4 is 4.90 Å². The summed E-state index contributed by atoms with van der Waals surface area (Å²) in [6, 6.07) is 15.5. The second kappa shape index (κ2) is 6.02. The zero-order valence-corrected chi connectivity index (χ0v) is 12.6. The van der Waals surface area contributed by atoms with Crippen molar-refractivity contribution in [3.8, 4) is 0 Å². The predicted molar refractivity (Wildman–Crippen MR) is 82.9 cm³/mol. The standard InChI is InChI=1S/C16H16BrNO/c1-18(2)14-9-7-12(8-10-14)16(19)11-13-5-3-4-6-15(13)17/h3-10H,11H2,1-2H3. The Kier molecular flexibility index (Phi) is 4.38. The SMILES string of the molecule is CN(C)c1ccc(C(=O)Cc2ccccc2Br)cc1. The number of anilines is 1. The number of Topliss-reactive ketones (excluding diaryl/α,β-unsaturated/α-hetero) is 1. The number of hydrogen-bond donors (Lipinski definition) is 0. The number of halogens is 1. The number of hydrogen-bond acceptors (Lipinski definition) is 2. The highest BCUT2D eigenvalue weighted by Gasteiger charge is 2.09. The van der Waals surface area contributed by atoms with Crippen LogP contribution in [0.4, 0.5) is 5.69 Å². The van der Waals surface area contributed by atoms with Gasteiger partial charge in [0, 0.05) is 36.2 Å². The van der Waals surface area contributed by atoms with Gasteiger partial charge < -0.3 is 4.90 Å². The van der Waals surface area contributed by atoms with Crippen LogP contribution in [0.2, 0.25) is 0 Å². The summed E-state index contributed by atoms with van der Waals surface area (Å²) in [7, 11) is 3.97. The lowest BCUT2D eigenvalue weighted by Crippen LogP contribution is -2.09. The molecule has 0 atom stereocenters. The molecule has 0 saturated carbocycles. The minimum Gasteiger partial charge on any atom is -0.378 e. The van der Waals surface area contributed by atoms with Gasteiger partial charge in [-0.25, -0.2) is 0 Å². The topological polar surface area (TPSA) is 20.3 Å². The van der Waals surface area contributed by atoms with Crippen LogP contribution in [0.1, 0.15) is 15.9 Å². The quantitative estimate of drug-likeness (QED) is 0.796. The Morgan fingerprint density at radius 2 is 1.68 bits per heavy atom. The molecule has 98 valence electrons. The van der Waals surface area contributed by atoms with Crippen molar-refractivity contribution in [2.45, 2.75) is 6.42 Å². The van der Waals surface area contributed by atoms with E-state index in [1.807, 2.05) is 67.5 Å². The van der Waals surface area contributed by atoms with Crippen LogP contribution in [0, 0.1) is 0 Å². The van der Waals surface area contributed by atoms with Gasteiger partial charge in [-0.1, -0.05) is 34.1 Å². The fourth-order valence-electron chi connectivity index (χ4n) is 1.86. The smallest absolute Gasteiger partial charge is 0.167 e. The summed E-state index contributed by atoms with van der Waals surface area (Å²) >= 11 is 3.47. The Morgan fingerprint density at radius 1 is 1.05 bits per heavy atom. The third kappa shape index (κ3) is 3.44. The summed E-state index contributed by atoms with van der Waals surface area (Å²) in [6.45, 7) is 0. The van der Waals surface area contributed by atoms with E-state index in [4.69, 9.17) is 0 Å². The van der Waals surface area contributed by atoms with Crippen molar-refractivity contribution in [3.05, 3.63) is 64.1 Å². The molecule has 2 aromatic rings. The summed E-state index contributed by atoms with van der Waals surface area (Å²) < 4.78 is 0.980. The minimum atomic E-state index is 0.136. The molecule has 0 aliphatic rings. The molecule has 2 nitrogen and oxygen atoms in total. The Bertz CT molecular complexity index is 576. The van der Waals surface area contributed by atoms with Crippen LogP contribution in [-0.4, -0.2) is 19.9 Å². The van der Waals surface area contributed by atoms with Crippen LogP contribution in [-0.2, 0) is 6.42 Å². The maximum absolute atomic E-state index is 12.2. The van der Waals surface area contributed by atoms with Gasteiger partial charge in [0.1, 0.15) is 0 Å². The summed E-state index contributed by atoms with van der Waals surface area (Å²) in [6.07, 6.45) is 0.419. The largest absolute Gasteiger partial charge is 0.378 e. The molecule has 0 aliphatic carbocycles. The molecular weight excluding hydrogens is 302 g/mol. The number of rotatable bonds is 4. The Balaban J connectivity index is 2.14. The molecule has 0 heterocycles. The van der Waals surface area contributed by atoms with Crippen LogP contribution in [0.3, 0.4) is 0 Å². The van der Waals surface area contributed by atoms with E-state index in [9.17, 15) is 4.79 Å². The summed E-state index contributed by atoms with van der Waals surface area (Å²) in [4.78, 5) is 14.2. The van der Waals surface area contributed by atoms with E-state index in [1.54, 1.807) is 0 Å². The molecule has 19 heavy (non-hydrogen) atoms. The Hall–Kier alpha value is -1.61. The van der Waals surface area contributed by atoms with Crippen molar-refractivity contribution in [2.75, 3.05) is 19.0 Å². The van der Waals surface area contributed by atoms with Gasteiger partial charge in [0.2, 0.25) is 0 Å². The van der Waals surface area contributed by atoms with Crippen LogP contribution >= 0.6 is 15.9 Å². The van der Waals surface area contributed by atoms with Crippen molar-refractivity contribution >= 4 is 27.4 Å². The van der Waals surface area contributed by atoms with Crippen LogP contribution in [0.5, 0.6) is 0 Å². The molecule has 0 fully saturated rings. The minimum absolute atomic E-state index is 0.136. The van der Waals surface area contributed by atoms with E-state index in [-0.39, 0.29) is 5.78 Å². The normalized spacial score (nSPS) is 10.3. The maximum Gasteiger partial charge on any atom is 0.167 e. The summed E-state index contributed by atoms with van der Waals surface area (Å²) in [5.74, 6) is 0.136. The number of benzene rings is 2. The molecule has 0 N–H and O–H groups in total. The second-order valence-corrected chi connectivity index (χ2v) is 5.49. The first-order chi connectivity index (χ1) is 9.08. The third-order valence-electron chi connectivity index (χ3n) is 3.01. The van der Waals surface area contributed by atoms with Gasteiger partial charge in [-0.2, -0.15) is 0 Å². The van der Waals surface area contributed by atoms with E-state index in [2.05, 4.69) is 15.9 Å². The number of nitrogens with zero attached hydrogens (tertiary/aromatic N) is 1. The molecule has 0 aliphatic heterocycles. The Morgan fingerprint density at radius 3 is 2.26 bits per heavy atom. The van der Waals surface area contributed by atoms with Gasteiger partial charge >= 0.3 is 0 Å². The zero-order chi connectivity index (χ0) is 13.8. The fraction of sp³-hybridized carbons (Fsp3) is 0.188. The lowest BCUT2D eigenvalue weighted by Gasteiger charge is -2.12. The first-order valence-electron chi connectivity index (χ1n) is 6.12. The van der Waals surface area contributed by atoms with Crippen LogP contribution in [0.15, 0.2) is 53.0 Å². The van der Waals surface area contributed by atoms with E-state index >= 15 is 0 Å². The van der Waals surface area contributed by atoms with Gasteiger partial charge in [0.15, 0.2) is 5.78 Å². The molecule has 0 radical (unpaired) electrons. The van der Waals surface area contributed by atoms with E-state index in [0.717, 1.165) is 21.3 Å². The van der Waals surface area contributed by atoms with Crippen molar-refractivity contribution in [3.63, 3.8) is 0 Å². The highest BCUT2D eigenvalue weighted by atomic mass is 79.9. The van der Waals surface area contributed by atoms with E-state index in [0.29, 0.717) is 6.42 Å². The van der Waals surface area contributed by atoms with Gasteiger partial charge in [-0.15, -0.1) is 0 Å². The molecule has 0 amide bonds. The number of carbonyl (C=O) groups is 1. The molecule has 0 aromatic heterocycles. The molecule has 3 heteroatoms. The van der Waals surface area contributed by atoms with Crippen molar-refractivity contribution in [2.24, 2.45) is 0 Å². The van der Waals surface area contributed by atoms with Gasteiger partial charge in [0.05, 0.1) is 0 Å². The van der Waals surface area contributed by atoms with E-state index in [1.165, 1.54) is 0 Å². The average Bonchev–Trinajstić information content (AvgIpc) is 2.41.